The van der Waals surface area contributed by atoms with Crippen LogP contribution in [0, 0.1) is 5.82 Å². The van der Waals surface area contributed by atoms with Gasteiger partial charge in [-0.3, -0.25) is 9.80 Å². The topological polar surface area (TPSA) is 45.2 Å². The lowest BCUT2D eigenvalue weighted by molar-refractivity contribution is 0.0700. The smallest absolute Gasteiger partial charge is 0.231 e. The SMILES string of the molecule is OC(CN1CCN(Cc2ccc3c(c2)OCO3)CC1)c1ccc(F)cc1. The summed E-state index contributed by atoms with van der Waals surface area (Å²) in [6, 6.07) is 12.2. The molecule has 2 aromatic carbocycles. The molecule has 138 valence electrons. The summed E-state index contributed by atoms with van der Waals surface area (Å²) in [6.45, 7) is 5.46. The average Bonchev–Trinajstić information content (AvgIpc) is 3.12. The van der Waals surface area contributed by atoms with Gasteiger partial charge in [-0.25, -0.2) is 4.39 Å². The van der Waals surface area contributed by atoms with Crippen LogP contribution in [0.4, 0.5) is 4.39 Å². The van der Waals surface area contributed by atoms with Gasteiger partial charge in [-0.1, -0.05) is 18.2 Å². The lowest BCUT2D eigenvalue weighted by Crippen LogP contribution is -2.47. The summed E-state index contributed by atoms with van der Waals surface area (Å²) in [4.78, 5) is 4.66. The zero-order chi connectivity index (χ0) is 17.9. The first-order valence-corrected chi connectivity index (χ1v) is 8.94. The predicted octanol–water partition coefficient (Wildman–Crippen LogP) is 2.41. The molecular formula is C20H23FN2O3. The van der Waals surface area contributed by atoms with Crippen molar-refractivity contribution in [3.63, 3.8) is 0 Å². The summed E-state index contributed by atoms with van der Waals surface area (Å²) in [5, 5.41) is 10.4. The van der Waals surface area contributed by atoms with Crippen molar-refractivity contribution in [1.29, 1.82) is 0 Å². The van der Waals surface area contributed by atoms with Crippen molar-refractivity contribution in [2.24, 2.45) is 0 Å². The summed E-state index contributed by atoms with van der Waals surface area (Å²) in [5.41, 5.74) is 1.98. The number of hydrogen-bond donors (Lipinski definition) is 1. The molecule has 2 aliphatic rings. The van der Waals surface area contributed by atoms with Gasteiger partial charge in [0.05, 0.1) is 6.10 Å². The van der Waals surface area contributed by atoms with Crippen molar-refractivity contribution in [2.45, 2.75) is 12.6 Å². The average molecular weight is 358 g/mol. The van der Waals surface area contributed by atoms with Crippen LogP contribution >= 0.6 is 0 Å². The first-order chi connectivity index (χ1) is 12.7. The Kier molecular flexibility index (Phi) is 5.06. The fraction of sp³-hybridized carbons (Fsp3) is 0.400. The Morgan fingerprint density at radius 1 is 0.923 bits per heavy atom. The molecule has 6 heteroatoms. The Balaban J connectivity index is 1.27. The maximum absolute atomic E-state index is 13.0. The molecule has 1 saturated heterocycles. The van der Waals surface area contributed by atoms with Gasteiger partial charge in [0, 0.05) is 39.3 Å². The van der Waals surface area contributed by atoms with Gasteiger partial charge in [-0.15, -0.1) is 0 Å². The Morgan fingerprint density at radius 2 is 1.62 bits per heavy atom. The molecule has 0 aromatic heterocycles. The highest BCUT2D eigenvalue weighted by molar-refractivity contribution is 5.44. The largest absolute Gasteiger partial charge is 0.454 e. The van der Waals surface area contributed by atoms with Crippen LogP contribution in [-0.4, -0.2) is 54.4 Å². The highest BCUT2D eigenvalue weighted by Gasteiger charge is 2.21. The highest BCUT2D eigenvalue weighted by atomic mass is 19.1. The molecule has 0 amide bonds. The van der Waals surface area contributed by atoms with Crippen LogP contribution in [0.15, 0.2) is 42.5 Å². The van der Waals surface area contributed by atoms with E-state index in [-0.39, 0.29) is 5.82 Å². The van der Waals surface area contributed by atoms with Gasteiger partial charge < -0.3 is 14.6 Å². The van der Waals surface area contributed by atoms with Gasteiger partial charge in [0.1, 0.15) is 5.82 Å². The molecule has 1 unspecified atom stereocenters. The molecule has 0 saturated carbocycles. The van der Waals surface area contributed by atoms with E-state index in [9.17, 15) is 9.50 Å². The van der Waals surface area contributed by atoms with E-state index in [4.69, 9.17) is 9.47 Å². The Labute approximate surface area is 152 Å². The molecule has 0 spiro atoms. The van der Waals surface area contributed by atoms with E-state index >= 15 is 0 Å². The second-order valence-electron chi connectivity index (χ2n) is 6.83. The minimum absolute atomic E-state index is 0.280. The third kappa shape index (κ3) is 3.98. The molecule has 4 rings (SSSR count). The Morgan fingerprint density at radius 3 is 2.38 bits per heavy atom. The van der Waals surface area contributed by atoms with E-state index in [0.717, 1.165) is 49.8 Å². The molecule has 2 aromatic rings. The van der Waals surface area contributed by atoms with Crippen molar-refractivity contribution in [3.8, 4) is 11.5 Å². The third-order valence-electron chi connectivity index (χ3n) is 4.99. The van der Waals surface area contributed by atoms with Gasteiger partial charge in [0.2, 0.25) is 6.79 Å². The number of benzene rings is 2. The van der Waals surface area contributed by atoms with Crippen LogP contribution in [-0.2, 0) is 6.54 Å². The number of nitrogens with zero attached hydrogens (tertiary/aromatic N) is 2. The lowest BCUT2D eigenvalue weighted by Gasteiger charge is -2.35. The summed E-state index contributed by atoms with van der Waals surface area (Å²) >= 11 is 0. The van der Waals surface area contributed by atoms with E-state index in [1.807, 2.05) is 12.1 Å². The number of piperazine rings is 1. The van der Waals surface area contributed by atoms with Crippen LogP contribution in [0.2, 0.25) is 0 Å². The maximum Gasteiger partial charge on any atom is 0.231 e. The fourth-order valence-electron chi connectivity index (χ4n) is 3.46. The number of halogens is 1. The first kappa shape index (κ1) is 17.3. The molecule has 5 nitrogen and oxygen atoms in total. The molecule has 0 aliphatic carbocycles. The van der Waals surface area contributed by atoms with Crippen molar-refractivity contribution in [1.82, 2.24) is 9.80 Å². The fourth-order valence-corrected chi connectivity index (χ4v) is 3.46. The van der Waals surface area contributed by atoms with E-state index in [0.29, 0.717) is 13.3 Å². The van der Waals surface area contributed by atoms with Crippen LogP contribution in [0.3, 0.4) is 0 Å². The Bertz CT molecular complexity index is 745. The second-order valence-corrected chi connectivity index (χ2v) is 6.83. The highest BCUT2D eigenvalue weighted by Crippen LogP contribution is 2.32. The minimum atomic E-state index is -0.587. The normalized spacial score (nSPS) is 18.8. The van der Waals surface area contributed by atoms with E-state index in [1.54, 1.807) is 12.1 Å². The zero-order valence-electron chi connectivity index (χ0n) is 14.6. The number of fused-ring (bicyclic) bond motifs is 1. The molecule has 26 heavy (non-hydrogen) atoms. The van der Waals surface area contributed by atoms with Crippen LogP contribution < -0.4 is 9.47 Å². The summed E-state index contributed by atoms with van der Waals surface area (Å²) in [7, 11) is 0. The predicted molar refractivity (Wildman–Crippen MR) is 95.6 cm³/mol. The molecule has 0 radical (unpaired) electrons. The van der Waals surface area contributed by atoms with Gasteiger partial charge in [-0.05, 0) is 35.4 Å². The van der Waals surface area contributed by atoms with Gasteiger partial charge in [0.25, 0.3) is 0 Å². The Hall–Kier alpha value is -2.15. The van der Waals surface area contributed by atoms with Crippen molar-refractivity contribution < 1.29 is 19.0 Å². The van der Waals surface area contributed by atoms with E-state index in [1.165, 1.54) is 17.7 Å². The number of rotatable bonds is 5. The van der Waals surface area contributed by atoms with Crippen LogP contribution in [0.25, 0.3) is 0 Å². The van der Waals surface area contributed by atoms with Crippen molar-refractivity contribution in [3.05, 3.63) is 59.4 Å². The van der Waals surface area contributed by atoms with Crippen LogP contribution in [0.5, 0.6) is 11.5 Å². The monoisotopic (exact) mass is 358 g/mol. The van der Waals surface area contributed by atoms with Crippen molar-refractivity contribution in [2.75, 3.05) is 39.5 Å². The van der Waals surface area contributed by atoms with Gasteiger partial charge in [0.15, 0.2) is 11.5 Å². The van der Waals surface area contributed by atoms with Gasteiger partial charge in [-0.2, -0.15) is 0 Å². The van der Waals surface area contributed by atoms with Crippen LogP contribution in [0.1, 0.15) is 17.2 Å². The second kappa shape index (κ2) is 7.61. The number of aliphatic hydroxyl groups excluding tert-OH is 1. The molecular weight excluding hydrogens is 335 g/mol. The minimum Gasteiger partial charge on any atom is -0.454 e. The number of ether oxygens (including phenoxy) is 2. The number of β-amino-alcohol motifs (C(OH)–C–C–N with tert-alkyl or cyclic N) is 1. The standard InChI is InChI=1S/C20H23FN2O3/c21-17-4-2-16(3-5-17)18(24)13-23-9-7-22(8-10-23)12-15-1-6-19-20(11-15)26-14-25-19/h1-6,11,18,24H,7-10,12-14H2. The van der Waals surface area contributed by atoms with E-state index < -0.39 is 6.10 Å². The summed E-state index contributed by atoms with van der Waals surface area (Å²) in [5.74, 6) is 1.36. The molecule has 1 N–H and O–H groups in total. The summed E-state index contributed by atoms with van der Waals surface area (Å²) in [6.07, 6.45) is -0.587. The van der Waals surface area contributed by atoms with E-state index in [2.05, 4.69) is 15.9 Å². The molecule has 0 bridgehead atoms. The maximum atomic E-state index is 13.0. The quantitative estimate of drug-likeness (QED) is 0.889. The molecule has 1 atom stereocenters. The number of aliphatic hydroxyl groups is 1. The number of hydrogen-bond acceptors (Lipinski definition) is 5. The molecule has 2 aliphatic heterocycles. The first-order valence-electron chi connectivity index (χ1n) is 8.94. The van der Waals surface area contributed by atoms with Crippen molar-refractivity contribution >= 4 is 0 Å². The van der Waals surface area contributed by atoms with Gasteiger partial charge >= 0.3 is 0 Å². The zero-order valence-corrected chi connectivity index (χ0v) is 14.6. The third-order valence-corrected chi connectivity index (χ3v) is 4.99. The molecule has 2 heterocycles. The molecule has 1 fully saturated rings. The lowest BCUT2D eigenvalue weighted by atomic mass is 10.1. The summed E-state index contributed by atoms with van der Waals surface area (Å²) < 4.78 is 23.8.